The molecule has 0 saturated carbocycles. The lowest BCUT2D eigenvalue weighted by Gasteiger charge is -2.24. The van der Waals surface area contributed by atoms with Crippen LogP contribution in [0.3, 0.4) is 0 Å². The number of carbonyl (C=O) groups excluding carboxylic acids is 1. The molecule has 2 N–H and O–H groups in total. The van der Waals surface area contributed by atoms with Gasteiger partial charge in [-0.2, -0.15) is 11.3 Å². The monoisotopic (exact) mass is 305 g/mol. The highest BCUT2D eigenvalue weighted by molar-refractivity contribution is 7.08. The predicted molar refractivity (Wildman–Crippen MR) is 83.4 cm³/mol. The van der Waals surface area contributed by atoms with E-state index >= 15 is 0 Å². The first-order valence-electron chi connectivity index (χ1n) is 6.73. The molecule has 0 aliphatic carbocycles. The molecule has 2 atom stereocenters. The number of carbonyl (C=O) groups is 1. The summed E-state index contributed by atoms with van der Waals surface area (Å²) in [4.78, 5) is 12.0. The quantitative estimate of drug-likeness (QED) is 0.862. The van der Waals surface area contributed by atoms with Crippen LogP contribution in [-0.4, -0.2) is 23.7 Å². The number of benzene rings is 1. The molecule has 1 aromatic carbocycles. The van der Waals surface area contributed by atoms with E-state index in [1.54, 1.807) is 26.0 Å². The molecular weight excluding hydrogens is 286 g/mol. The van der Waals surface area contributed by atoms with Crippen molar-refractivity contribution >= 4 is 17.2 Å². The Labute approximate surface area is 128 Å². The van der Waals surface area contributed by atoms with Gasteiger partial charge in [0, 0.05) is 0 Å². The Morgan fingerprint density at radius 2 is 2.10 bits per heavy atom. The van der Waals surface area contributed by atoms with E-state index in [0.29, 0.717) is 5.75 Å². The second-order valence-electron chi connectivity index (χ2n) is 5.08. The van der Waals surface area contributed by atoms with Gasteiger partial charge in [-0.25, -0.2) is 0 Å². The van der Waals surface area contributed by atoms with Crippen LogP contribution in [0, 0.1) is 0 Å². The fourth-order valence-electron chi connectivity index (χ4n) is 1.83. The van der Waals surface area contributed by atoms with Crippen molar-refractivity contribution in [3.8, 4) is 5.75 Å². The smallest absolute Gasteiger partial charge is 0.260 e. The zero-order valence-electron chi connectivity index (χ0n) is 12.1. The standard InChI is InChI=1S/C16H19NO3S/c1-12(20-14-6-4-3-5-7-14)15(18)17-11-16(2,19)13-8-9-21-10-13/h3-10,12,19H,11H2,1-2H3,(H,17,18). The van der Waals surface area contributed by atoms with E-state index in [4.69, 9.17) is 4.74 Å². The van der Waals surface area contributed by atoms with Crippen molar-refractivity contribution in [1.29, 1.82) is 0 Å². The maximum absolute atomic E-state index is 12.0. The lowest BCUT2D eigenvalue weighted by Crippen LogP contribution is -2.43. The van der Waals surface area contributed by atoms with Gasteiger partial charge >= 0.3 is 0 Å². The summed E-state index contributed by atoms with van der Waals surface area (Å²) in [6.07, 6.45) is -0.620. The van der Waals surface area contributed by atoms with Gasteiger partial charge in [0.1, 0.15) is 11.4 Å². The van der Waals surface area contributed by atoms with Gasteiger partial charge in [0.25, 0.3) is 5.91 Å². The molecule has 0 spiro atoms. The maximum atomic E-state index is 12.0. The molecule has 0 aliphatic heterocycles. The number of aliphatic hydroxyl groups is 1. The molecule has 1 heterocycles. The number of thiophene rings is 1. The molecule has 5 heteroatoms. The summed E-state index contributed by atoms with van der Waals surface area (Å²) in [6, 6.07) is 11.0. The molecule has 112 valence electrons. The molecule has 4 nitrogen and oxygen atoms in total. The van der Waals surface area contributed by atoms with Gasteiger partial charge in [-0.1, -0.05) is 18.2 Å². The topological polar surface area (TPSA) is 58.6 Å². The number of para-hydroxylation sites is 1. The Kier molecular flexibility index (Phi) is 4.98. The summed E-state index contributed by atoms with van der Waals surface area (Å²) in [5.74, 6) is 0.388. The van der Waals surface area contributed by atoms with Crippen LogP contribution in [0.25, 0.3) is 0 Å². The molecule has 21 heavy (non-hydrogen) atoms. The van der Waals surface area contributed by atoms with Crippen molar-refractivity contribution in [3.63, 3.8) is 0 Å². The van der Waals surface area contributed by atoms with E-state index in [0.717, 1.165) is 5.56 Å². The highest BCUT2D eigenvalue weighted by Gasteiger charge is 2.25. The molecule has 2 aromatic rings. The van der Waals surface area contributed by atoms with E-state index in [1.165, 1.54) is 11.3 Å². The average Bonchev–Trinajstić information content (AvgIpc) is 3.01. The molecule has 0 aliphatic rings. The summed E-state index contributed by atoms with van der Waals surface area (Å²) >= 11 is 1.51. The summed E-state index contributed by atoms with van der Waals surface area (Å²) in [7, 11) is 0. The number of ether oxygens (including phenoxy) is 1. The maximum Gasteiger partial charge on any atom is 0.260 e. The molecule has 0 radical (unpaired) electrons. The van der Waals surface area contributed by atoms with Crippen molar-refractivity contribution in [2.45, 2.75) is 25.6 Å². The molecule has 0 bridgehead atoms. The zero-order chi connectivity index (χ0) is 15.3. The Hall–Kier alpha value is -1.85. The first-order valence-corrected chi connectivity index (χ1v) is 7.68. The van der Waals surface area contributed by atoms with Crippen LogP contribution in [-0.2, 0) is 10.4 Å². The molecule has 2 unspecified atom stereocenters. The van der Waals surface area contributed by atoms with Crippen LogP contribution in [0.5, 0.6) is 5.75 Å². The first-order chi connectivity index (χ1) is 9.99. The molecular formula is C16H19NO3S. The second-order valence-corrected chi connectivity index (χ2v) is 5.86. The third kappa shape index (κ3) is 4.31. The lowest BCUT2D eigenvalue weighted by atomic mass is 9.99. The van der Waals surface area contributed by atoms with Gasteiger partial charge in [-0.05, 0) is 48.4 Å². The normalized spacial score (nSPS) is 15.0. The minimum Gasteiger partial charge on any atom is -0.481 e. The third-order valence-electron chi connectivity index (χ3n) is 3.18. The van der Waals surface area contributed by atoms with Crippen LogP contribution in [0.2, 0.25) is 0 Å². The predicted octanol–water partition coefficient (Wildman–Crippen LogP) is 2.54. The summed E-state index contributed by atoms with van der Waals surface area (Å²) < 4.78 is 5.54. The highest BCUT2D eigenvalue weighted by Crippen LogP contribution is 2.22. The summed E-state index contributed by atoms with van der Waals surface area (Å²) in [6.45, 7) is 3.50. The summed E-state index contributed by atoms with van der Waals surface area (Å²) in [5, 5.41) is 16.8. The molecule has 0 saturated heterocycles. The van der Waals surface area contributed by atoms with Crippen LogP contribution in [0.4, 0.5) is 0 Å². The summed E-state index contributed by atoms with van der Waals surface area (Å²) in [5.41, 5.74) is -0.285. The largest absolute Gasteiger partial charge is 0.481 e. The number of amides is 1. The molecule has 2 rings (SSSR count). The average molecular weight is 305 g/mol. The van der Waals surface area contributed by atoms with Gasteiger partial charge in [0.15, 0.2) is 6.10 Å². The van der Waals surface area contributed by atoms with Crippen LogP contribution in [0.15, 0.2) is 47.2 Å². The zero-order valence-corrected chi connectivity index (χ0v) is 12.9. The van der Waals surface area contributed by atoms with Crippen LogP contribution >= 0.6 is 11.3 Å². The third-order valence-corrected chi connectivity index (χ3v) is 3.86. The SMILES string of the molecule is CC(Oc1ccccc1)C(=O)NCC(C)(O)c1ccsc1. The number of hydrogen-bond donors (Lipinski definition) is 2. The van der Waals surface area contributed by atoms with Gasteiger partial charge in [0.2, 0.25) is 0 Å². The van der Waals surface area contributed by atoms with Crippen molar-refractivity contribution in [1.82, 2.24) is 5.32 Å². The van der Waals surface area contributed by atoms with Crippen LogP contribution < -0.4 is 10.1 Å². The lowest BCUT2D eigenvalue weighted by molar-refractivity contribution is -0.128. The minimum absolute atomic E-state index is 0.144. The van der Waals surface area contributed by atoms with Gasteiger partial charge in [0.05, 0.1) is 6.54 Å². The first kappa shape index (κ1) is 15.5. The fraction of sp³-hybridized carbons (Fsp3) is 0.312. The van der Waals surface area contributed by atoms with Crippen molar-refractivity contribution < 1.29 is 14.6 Å². The highest BCUT2D eigenvalue weighted by atomic mass is 32.1. The van der Waals surface area contributed by atoms with Gasteiger partial charge in [-0.3, -0.25) is 4.79 Å². The van der Waals surface area contributed by atoms with Crippen LogP contribution in [0.1, 0.15) is 19.4 Å². The van der Waals surface area contributed by atoms with Crippen molar-refractivity contribution in [3.05, 3.63) is 52.7 Å². The van der Waals surface area contributed by atoms with Gasteiger partial charge in [-0.15, -0.1) is 0 Å². The molecule has 0 fully saturated rings. The second kappa shape index (κ2) is 6.74. The number of nitrogens with one attached hydrogen (secondary N) is 1. The van der Waals surface area contributed by atoms with Crippen molar-refractivity contribution in [2.75, 3.05) is 6.54 Å². The molecule has 1 aromatic heterocycles. The minimum atomic E-state index is -1.08. The van der Waals surface area contributed by atoms with Gasteiger partial charge < -0.3 is 15.2 Å². The van der Waals surface area contributed by atoms with Crippen molar-refractivity contribution in [2.24, 2.45) is 0 Å². The van der Waals surface area contributed by atoms with E-state index in [2.05, 4.69) is 5.32 Å². The van der Waals surface area contributed by atoms with E-state index in [1.807, 2.05) is 35.0 Å². The Bertz CT molecular complexity index is 566. The Balaban J connectivity index is 1.87. The van der Waals surface area contributed by atoms with E-state index in [-0.39, 0.29) is 12.5 Å². The Morgan fingerprint density at radius 3 is 2.71 bits per heavy atom. The Morgan fingerprint density at radius 1 is 1.38 bits per heavy atom. The number of hydrogen-bond acceptors (Lipinski definition) is 4. The van der Waals surface area contributed by atoms with E-state index < -0.39 is 11.7 Å². The van der Waals surface area contributed by atoms with E-state index in [9.17, 15) is 9.90 Å². The fourth-order valence-corrected chi connectivity index (χ4v) is 2.62. The molecule has 1 amide bonds. The number of rotatable bonds is 6.